The van der Waals surface area contributed by atoms with Crippen LogP contribution >= 0.6 is 15.9 Å². The SMILES string of the molecule is O=C(NCC1CCN(c2cccc(Br)c2)C1)c1ccc(CN2CCCC2=O)cc1. The topological polar surface area (TPSA) is 52.7 Å². The highest BCUT2D eigenvalue weighted by Crippen LogP contribution is 2.26. The number of nitrogens with zero attached hydrogens (tertiary/aromatic N) is 2. The number of halogens is 1. The third-order valence-corrected chi connectivity index (χ3v) is 6.26. The molecule has 0 saturated carbocycles. The predicted octanol–water partition coefficient (Wildman–Crippen LogP) is 3.83. The average Bonchev–Trinajstić information content (AvgIpc) is 3.36. The van der Waals surface area contributed by atoms with Crippen molar-refractivity contribution >= 4 is 33.4 Å². The van der Waals surface area contributed by atoms with Crippen molar-refractivity contribution in [1.29, 1.82) is 0 Å². The standard InChI is InChI=1S/C23H26BrN3O2/c24-20-3-1-4-21(13-20)26-12-10-18(16-26)14-25-23(29)19-8-6-17(7-9-19)15-27-11-2-5-22(27)28/h1,3-4,6-9,13,18H,2,5,10-12,14-16H2,(H,25,29). The lowest BCUT2D eigenvalue weighted by molar-refractivity contribution is -0.128. The van der Waals surface area contributed by atoms with E-state index in [0.29, 0.717) is 31.0 Å². The van der Waals surface area contributed by atoms with Gasteiger partial charge in [-0.3, -0.25) is 9.59 Å². The highest BCUT2D eigenvalue weighted by molar-refractivity contribution is 9.10. The summed E-state index contributed by atoms with van der Waals surface area (Å²) in [5.74, 6) is 0.647. The van der Waals surface area contributed by atoms with Gasteiger partial charge in [-0.1, -0.05) is 34.1 Å². The number of carbonyl (C=O) groups is 2. The largest absolute Gasteiger partial charge is 0.371 e. The van der Waals surface area contributed by atoms with Gasteiger partial charge in [0, 0.05) is 54.9 Å². The first-order valence-corrected chi connectivity index (χ1v) is 11.0. The number of rotatable bonds is 6. The molecule has 2 aromatic rings. The Bertz CT molecular complexity index is 884. The van der Waals surface area contributed by atoms with Crippen molar-refractivity contribution < 1.29 is 9.59 Å². The first kappa shape index (κ1) is 20.0. The normalized spacial score (nSPS) is 19.1. The van der Waals surface area contributed by atoms with Crippen LogP contribution in [0.15, 0.2) is 53.0 Å². The van der Waals surface area contributed by atoms with Gasteiger partial charge in [-0.15, -0.1) is 0 Å². The third kappa shape index (κ3) is 4.99. The fourth-order valence-corrected chi connectivity index (χ4v) is 4.49. The van der Waals surface area contributed by atoms with Gasteiger partial charge < -0.3 is 15.1 Å². The van der Waals surface area contributed by atoms with Crippen LogP contribution in [0.1, 0.15) is 35.2 Å². The van der Waals surface area contributed by atoms with Gasteiger partial charge in [-0.25, -0.2) is 0 Å². The lowest BCUT2D eigenvalue weighted by Gasteiger charge is -2.19. The maximum absolute atomic E-state index is 12.5. The molecule has 2 heterocycles. The smallest absolute Gasteiger partial charge is 0.251 e. The molecule has 1 unspecified atom stereocenters. The number of amides is 2. The van der Waals surface area contributed by atoms with Crippen molar-refractivity contribution in [3.63, 3.8) is 0 Å². The van der Waals surface area contributed by atoms with Gasteiger partial charge in [0.25, 0.3) is 5.91 Å². The zero-order chi connectivity index (χ0) is 20.2. The molecule has 0 aromatic heterocycles. The van der Waals surface area contributed by atoms with E-state index in [2.05, 4.69) is 44.3 Å². The second-order valence-electron chi connectivity index (χ2n) is 7.91. The van der Waals surface area contributed by atoms with E-state index in [9.17, 15) is 9.59 Å². The van der Waals surface area contributed by atoms with Gasteiger partial charge in [0.15, 0.2) is 0 Å². The molecule has 2 fully saturated rings. The van der Waals surface area contributed by atoms with Crippen LogP contribution < -0.4 is 10.2 Å². The van der Waals surface area contributed by atoms with Crippen LogP contribution in [0, 0.1) is 5.92 Å². The Morgan fingerprint density at radius 1 is 1.14 bits per heavy atom. The van der Waals surface area contributed by atoms with Crippen molar-refractivity contribution in [3.05, 3.63) is 64.1 Å². The molecule has 2 saturated heterocycles. The van der Waals surface area contributed by atoms with Crippen LogP contribution in [0.4, 0.5) is 5.69 Å². The van der Waals surface area contributed by atoms with Gasteiger partial charge in [-0.05, 0) is 54.7 Å². The van der Waals surface area contributed by atoms with E-state index in [4.69, 9.17) is 0 Å². The number of likely N-dealkylation sites (tertiary alicyclic amines) is 1. The molecule has 4 rings (SSSR count). The van der Waals surface area contributed by atoms with Crippen molar-refractivity contribution in [1.82, 2.24) is 10.2 Å². The lowest BCUT2D eigenvalue weighted by Crippen LogP contribution is -2.31. The van der Waals surface area contributed by atoms with E-state index < -0.39 is 0 Å². The fraction of sp³-hybridized carbons (Fsp3) is 0.391. The molecule has 2 aliphatic rings. The summed E-state index contributed by atoms with van der Waals surface area (Å²) in [7, 11) is 0. The quantitative estimate of drug-likeness (QED) is 0.719. The first-order valence-electron chi connectivity index (χ1n) is 10.2. The van der Waals surface area contributed by atoms with Crippen LogP contribution in [-0.2, 0) is 11.3 Å². The molecule has 5 nitrogen and oxygen atoms in total. The molecule has 0 aliphatic carbocycles. The summed E-state index contributed by atoms with van der Waals surface area (Å²) in [6.45, 7) is 4.13. The monoisotopic (exact) mass is 455 g/mol. The summed E-state index contributed by atoms with van der Waals surface area (Å²) >= 11 is 3.53. The Morgan fingerprint density at radius 3 is 2.69 bits per heavy atom. The van der Waals surface area contributed by atoms with Gasteiger partial charge in [-0.2, -0.15) is 0 Å². The van der Waals surface area contributed by atoms with Crippen LogP contribution in [-0.4, -0.2) is 42.9 Å². The predicted molar refractivity (Wildman–Crippen MR) is 118 cm³/mol. The molecule has 2 aromatic carbocycles. The third-order valence-electron chi connectivity index (χ3n) is 5.77. The maximum atomic E-state index is 12.5. The van der Waals surface area contributed by atoms with Gasteiger partial charge in [0.1, 0.15) is 0 Å². The number of benzene rings is 2. The van der Waals surface area contributed by atoms with Gasteiger partial charge >= 0.3 is 0 Å². The molecule has 2 aliphatic heterocycles. The van der Waals surface area contributed by atoms with E-state index in [1.807, 2.05) is 35.2 Å². The van der Waals surface area contributed by atoms with Gasteiger partial charge in [0.2, 0.25) is 5.91 Å². The van der Waals surface area contributed by atoms with E-state index in [0.717, 1.165) is 42.5 Å². The fourth-order valence-electron chi connectivity index (χ4n) is 4.10. The maximum Gasteiger partial charge on any atom is 0.251 e. The molecule has 29 heavy (non-hydrogen) atoms. The summed E-state index contributed by atoms with van der Waals surface area (Å²) in [5, 5.41) is 3.08. The van der Waals surface area contributed by atoms with Gasteiger partial charge in [0.05, 0.1) is 0 Å². The Hall–Kier alpha value is -2.34. The minimum absolute atomic E-state index is 0.0327. The highest BCUT2D eigenvalue weighted by Gasteiger charge is 2.23. The zero-order valence-corrected chi connectivity index (χ0v) is 18.0. The van der Waals surface area contributed by atoms with E-state index >= 15 is 0 Å². The Morgan fingerprint density at radius 2 is 1.97 bits per heavy atom. The van der Waals surface area contributed by atoms with Crippen LogP contribution in [0.5, 0.6) is 0 Å². The summed E-state index contributed by atoms with van der Waals surface area (Å²) in [6, 6.07) is 16.0. The molecular formula is C23H26BrN3O2. The second kappa shape index (κ2) is 8.99. The Balaban J connectivity index is 1.26. The zero-order valence-electron chi connectivity index (χ0n) is 16.4. The summed E-state index contributed by atoms with van der Waals surface area (Å²) in [6.07, 6.45) is 2.68. The second-order valence-corrected chi connectivity index (χ2v) is 8.82. The molecule has 2 amide bonds. The molecule has 1 N–H and O–H groups in total. The van der Waals surface area contributed by atoms with Crippen molar-refractivity contribution in [2.24, 2.45) is 5.92 Å². The molecular weight excluding hydrogens is 430 g/mol. The Kier molecular flexibility index (Phi) is 6.19. The van der Waals surface area contributed by atoms with Crippen molar-refractivity contribution in [3.8, 4) is 0 Å². The van der Waals surface area contributed by atoms with Crippen LogP contribution in [0.25, 0.3) is 0 Å². The molecule has 6 heteroatoms. The van der Waals surface area contributed by atoms with E-state index in [1.54, 1.807) is 0 Å². The molecule has 0 bridgehead atoms. The van der Waals surface area contributed by atoms with Crippen LogP contribution in [0.2, 0.25) is 0 Å². The van der Waals surface area contributed by atoms with Crippen LogP contribution in [0.3, 0.4) is 0 Å². The lowest BCUT2D eigenvalue weighted by atomic mass is 10.1. The average molecular weight is 456 g/mol. The number of hydrogen-bond acceptors (Lipinski definition) is 3. The number of hydrogen-bond donors (Lipinski definition) is 1. The minimum Gasteiger partial charge on any atom is -0.371 e. The minimum atomic E-state index is -0.0327. The number of nitrogens with one attached hydrogen (secondary N) is 1. The summed E-state index contributed by atoms with van der Waals surface area (Å²) in [4.78, 5) is 28.5. The van der Waals surface area contributed by atoms with Crippen molar-refractivity contribution in [2.45, 2.75) is 25.8 Å². The van der Waals surface area contributed by atoms with Crippen molar-refractivity contribution in [2.75, 3.05) is 31.1 Å². The summed E-state index contributed by atoms with van der Waals surface area (Å²) < 4.78 is 1.09. The Labute approximate surface area is 180 Å². The molecule has 152 valence electrons. The molecule has 0 radical (unpaired) electrons. The molecule has 1 atom stereocenters. The highest BCUT2D eigenvalue weighted by atomic mass is 79.9. The molecule has 0 spiro atoms. The van der Waals surface area contributed by atoms with E-state index in [-0.39, 0.29) is 11.8 Å². The number of anilines is 1. The van der Waals surface area contributed by atoms with E-state index in [1.165, 1.54) is 5.69 Å². The number of carbonyl (C=O) groups excluding carboxylic acids is 2. The first-order chi connectivity index (χ1) is 14.1. The summed E-state index contributed by atoms with van der Waals surface area (Å²) in [5.41, 5.74) is 2.96.